The number of carbonyl (C=O) groups is 2. The number of hydrogen-bond donors (Lipinski definition) is 1. The SMILES string of the molecule is COc1ccc(S(=O)(=O)N2CCCCCC2)cc1C(=O)O[C@H](C)C(=O)Nc1ccc2c(c1)OCCO2. The van der Waals surface area contributed by atoms with Gasteiger partial charge in [-0.3, -0.25) is 4.79 Å². The highest BCUT2D eigenvalue weighted by atomic mass is 32.2. The third kappa shape index (κ3) is 5.73. The topological polar surface area (TPSA) is 120 Å². The molecule has 36 heavy (non-hydrogen) atoms. The van der Waals surface area contributed by atoms with Crippen LogP contribution in [0.1, 0.15) is 43.0 Å². The van der Waals surface area contributed by atoms with Crippen LogP contribution in [0.4, 0.5) is 5.69 Å². The minimum absolute atomic E-state index is 0.0227. The van der Waals surface area contributed by atoms with E-state index < -0.39 is 28.0 Å². The molecule has 0 radical (unpaired) electrons. The Balaban J connectivity index is 1.47. The van der Waals surface area contributed by atoms with Gasteiger partial charge in [0.15, 0.2) is 17.6 Å². The normalized spacial score (nSPS) is 16.9. The van der Waals surface area contributed by atoms with Gasteiger partial charge in [-0.1, -0.05) is 12.8 Å². The van der Waals surface area contributed by atoms with Crippen molar-refractivity contribution in [1.82, 2.24) is 4.31 Å². The van der Waals surface area contributed by atoms with Crippen LogP contribution in [-0.4, -0.2) is 64.1 Å². The Bertz CT molecular complexity index is 1220. The number of nitrogens with one attached hydrogen (secondary N) is 1. The van der Waals surface area contributed by atoms with Gasteiger partial charge in [-0.25, -0.2) is 13.2 Å². The molecular formula is C25H30N2O8S. The molecule has 2 aliphatic rings. The van der Waals surface area contributed by atoms with Crippen molar-refractivity contribution in [1.29, 1.82) is 0 Å². The van der Waals surface area contributed by atoms with Crippen LogP contribution in [0.2, 0.25) is 0 Å². The second-order valence-electron chi connectivity index (χ2n) is 8.58. The highest BCUT2D eigenvalue weighted by Gasteiger charge is 2.28. The van der Waals surface area contributed by atoms with Gasteiger partial charge in [0, 0.05) is 24.8 Å². The molecular weight excluding hydrogens is 488 g/mol. The van der Waals surface area contributed by atoms with E-state index in [2.05, 4.69) is 5.32 Å². The summed E-state index contributed by atoms with van der Waals surface area (Å²) in [5.74, 6) is -0.192. The van der Waals surface area contributed by atoms with Crippen molar-refractivity contribution in [3.8, 4) is 17.2 Å². The minimum Gasteiger partial charge on any atom is -0.496 e. The Morgan fingerprint density at radius 2 is 1.67 bits per heavy atom. The van der Waals surface area contributed by atoms with Crippen molar-refractivity contribution >= 4 is 27.6 Å². The van der Waals surface area contributed by atoms with E-state index >= 15 is 0 Å². The summed E-state index contributed by atoms with van der Waals surface area (Å²) in [6.45, 7) is 3.16. The maximum absolute atomic E-state index is 13.2. The second kappa shape index (κ2) is 11.2. The summed E-state index contributed by atoms with van der Waals surface area (Å²) < 4.78 is 49.4. The van der Waals surface area contributed by atoms with Gasteiger partial charge in [0.1, 0.15) is 24.5 Å². The quantitative estimate of drug-likeness (QED) is 0.555. The van der Waals surface area contributed by atoms with E-state index in [9.17, 15) is 18.0 Å². The maximum Gasteiger partial charge on any atom is 0.342 e. The third-order valence-electron chi connectivity index (χ3n) is 6.06. The van der Waals surface area contributed by atoms with Crippen LogP contribution in [0.3, 0.4) is 0 Å². The summed E-state index contributed by atoms with van der Waals surface area (Å²) in [5, 5.41) is 2.68. The number of benzene rings is 2. The van der Waals surface area contributed by atoms with Gasteiger partial charge in [0.25, 0.3) is 5.91 Å². The molecule has 4 rings (SSSR count). The van der Waals surface area contributed by atoms with Crippen molar-refractivity contribution in [3.63, 3.8) is 0 Å². The van der Waals surface area contributed by atoms with Crippen LogP contribution >= 0.6 is 0 Å². The predicted molar refractivity (Wildman–Crippen MR) is 131 cm³/mol. The van der Waals surface area contributed by atoms with E-state index in [1.54, 1.807) is 18.2 Å². The maximum atomic E-state index is 13.2. The molecule has 0 saturated carbocycles. The van der Waals surface area contributed by atoms with Crippen LogP contribution in [0.25, 0.3) is 0 Å². The van der Waals surface area contributed by atoms with Crippen molar-refractivity contribution in [2.45, 2.75) is 43.6 Å². The Morgan fingerprint density at radius 1 is 0.972 bits per heavy atom. The summed E-state index contributed by atoms with van der Waals surface area (Å²) in [6, 6.07) is 9.03. The lowest BCUT2D eigenvalue weighted by Crippen LogP contribution is -2.32. The first kappa shape index (κ1) is 25.8. The molecule has 10 nitrogen and oxygen atoms in total. The molecule has 1 amide bonds. The zero-order chi connectivity index (χ0) is 25.7. The number of amides is 1. The first-order valence-electron chi connectivity index (χ1n) is 11.9. The summed E-state index contributed by atoms with van der Waals surface area (Å²) >= 11 is 0. The Morgan fingerprint density at radius 3 is 2.36 bits per heavy atom. The number of hydrogen-bond acceptors (Lipinski definition) is 8. The minimum atomic E-state index is -3.79. The molecule has 0 bridgehead atoms. The smallest absolute Gasteiger partial charge is 0.342 e. The second-order valence-corrected chi connectivity index (χ2v) is 10.5. The number of sulfonamides is 1. The van der Waals surface area contributed by atoms with Gasteiger partial charge in [0.2, 0.25) is 10.0 Å². The highest BCUT2D eigenvalue weighted by molar-refractivity contribution is 7.89. The third-order valence-corrected chi connectivity index (χ3v) is 7.95. The van der Waals surface area contributed by atoms with Gasteiger partial charge in [-0.15, -0.1) is 0 Å². The number of anilines is 1. The van der Waals surface area contributed by atoms with E-state index in [1.807, 2.05) is 0 Å². The monoisotopic (exact) mass is 518 g/mol. The van der Waals surface area contributed by atoms with Gasteiger partial charge in [0.05, 0.1) is 12.0 Å². The molecule has 0 unspecified atom stereocenters. The van der Waals surface area contributed by atoms with E-state index in [0.29, 0.717) is 43.5 Å². The molecule has 11 heteroatoms. The molecule has 0 aromatic heterocycles. The fourth-order valence-electron chi connectivity index (χ4n) is 4.08. The van der Waals surface area contributed by atoms with Crippen LogP contribution in [0, 0.1) is 0 Å². The van der Waals surface area contributed by atoms with Crippen LogP contribution in [-0.2, 0) is 19.6 Å². The van der Waals surface area contributed by atoms with Gasteiger partial charge in [-0.05, 0) is 50.1 Å². The Hall–Kier alpha value is -3.31. The zero-order valence-electron chi connectivity index (χ0n) is 20.3. The van der Waals surface area contributed by atoms with Crippen molar-refractivity contribution in [3.05, 3.63) is 42.0 Å². The largest absolute Gasteiger partial charge is 0.496 e. The summed E-state index contributed by atoms with van der Waals surface area (Å²) in [5.41, 5.74) is 0.377. The number of rotatable bonds is 7. The van der Waals surface area contributed by atoms with E-state index in [0.717, 1.165) is 25.7 Å². The molecule has 1 N–H and O–H groups in total. The molecule has 1 atom stereocenters. The summed E-state index contributed by atoms with van der Waals surface area (Å²) in [6.07, 6.45) is 2.39. The number of methoxy groups -OCH3 is 1. The number of esters is 1. The van der Waals surface area contributed by atoms with E-state index in [-0.39, 0.29) is 16.2 Å². The molecule has 1 fully saturated rings. The zero-order valence-corrected chi connectivity index (χ0v) is 21.1. The van der Waals surface area contributed by atoms with E-state index in [1.165, 1.54) is 36.5 Å². The summed E-state index contributed by atoms with van der Waals surface area (Å²) in [4.78, 5) is 25.6. The highest BCUT2D eigenvalue weighted by Crippen LogP contribution is 2.33. The van der Waals surface area contributed by atoms with Crippen molar-refractivity contribution in [2.24, 2.45) is 0 Å². The van der Waals surface area contributed by atoms with Crippen LogP contribution in [0.5, 0.6) is 17.2 Å². The van der Waals surface area contributed by atoms with Crippen molar-refractivity contribution in [2.75, 3.05) is 38.7 Å². The number of ether oxygens (including phenoxy) is 4. The first-order valence-corrected chi connectivity index (χ1v) is 13.3. The predicted octanol–water partition coefficient (Wildman–Crippen LogP) is 3.22. The lowest BCUT2D eigenvalue weighted by atomic mass is 10.2. The molecule has 2 aromatic carbocycles. The molecule has 2 heterocycles. The molecule has 2 aliphatic heterocycles. The van der Waals surface area contributed by atoms with Gasteiger partial charge >= 0.3 is 5.97 Å². The standard InChI is InChI=1S/C25H30N2O8S/c1-17(24(28)26-18-7-9-22-23(15-18)34-14-13-33-22)35-25(29)20-16-19(8-10-21(20)32-2)36(30,31)27-11-5-3-4-6-12-27/h7-10,15-17H,3-6,11-14H2,1-2H3,(H,26,28)/t17-/m1/s1. The Kier molecular flexibility index (Phi) is 8.00. The van der Waals surface area contributed by atoms with Gasteiger partial charge in [-0.2, -0.15) is 4.31 Å². The summed E-state index contributed by atoms with van der Waals surface area (Å²) in [7, 11) is -2.42. The lowest BCUT2D eigenvalue weighted by Gasteiger charge is -2.21. The Labute approximate surface area is 210 Å². The fraction of sp³-hybridized carbons (Fsp3) is 0.440. The number of nitrogens with zero attached hydrogens (tertiary/aromatic N) is 1. The molecule has 0 spiro atoms. The fourth-order valence-corrected chi connectivity index (χ4v) is 5.62. The number of carbonyl (C=O) groups excluding carboxylic acids is 2. The molecule has 194 valence electrons. The average molecular weight is 519 g/mol. The average Bonchev–Trinajstić information content (AvgIpc) is 3.18. The van der Waals surface area contributed by atoms with Gasteiger partial charge < -0.3 is 24.3 Å². The number of fused-ring (bicyclic) bond motifs is 1. The lowest BCUT2D eigenvalue weighted by molar-refractivity contribution is -0.123. The molecule has 1 saturated heterocycles. The molecule has 2 aromatic rings. The van der Waals surface area contributed by atoms with Crippen molar-refractivity contribution < 1.29 is 37.0 Å². The van der Waals surface area contributed by atoms with E-state index in [4.69, 9.17) is 18.9 Å². The molecule has 0 aliphatic carbocycles. The van der Waals surface area contributed by atoms with Crippen LogP contribution in [0.15, 0.2) is 41.3 Å². The van der Waals surface area contributed by atoms with Crippen LogP contribution < -0.4 is 19.5 Å². The first-order chi connectivity index (χ1) is 17.3.